The quantitative estimate of drug-likeness (QED) is 0.883. The molecule has 0 aliphatic heterocycles. The molecule has 0 saturated heterocycles. The molecule has 0 aliphatic carbocycles. The van der Waals surface area contributed by atoms with Gasteiger partial charge in [-0.25, -0.2) is 12.8 Å². The van der Waals surface area contributed by atoms with E-state index in [4.69, 9.17) is 5.11 Å². The number of benzene rings is 1. The molecule has 7 heteroatoms. The van der Waals surface area contributed by atoms with Crippen molar-refractivity contribution >= 4 is 31.7 Å². The van der Waals surface area contributed by atoms with E-state index in [1.165, 1.54) is 12.1 Å². The van der Waals surface area contributed by atoms with Gasteiger partial charge in [-0.15, -0.1) is 0 Å². The highest BCUT2D eigenvalue weighted by atomic mass is 79.9. The number of carbonyl (C=O) groups is 1. The van der Waals surface area contributed by atoms with Crippen LogP contribution in [0.5, 0.6) is 0 Å². The molecule has 0 heterocycles. The Balaban J connectivity index is 2.99. The lowest BCUT2D eigenvalue weighted by Crippen LogP contribution is -2.43. The van der Waals surface area contributed by atoms with Gasteiger partial charge >= 0.3 is 5.97 Å². The van der Waals surface area contributed by atoms with Crippen LogP contribution in [0, 0.1) is 5.82 Å². The fourth-order valence-corrected chi connectivity index (χ4v) is 2.67. The van der Waals surface area contributed by atoms with Crippen molar-refractivity contribution in [2.24, 2.45) is 0 Å². The highest BCUT2D eigenvalue weighted by Crippen LogP contribution is 2.25. The van der Waals surface area contributed by atoms with Gasteiger partial charge in [0.2, 0.25) is 0 Å². The number of rotatable bonds is 5. The van der Waals surface area contributed by atoms with Crippen LogP contribution in [0.3, 0.4) is 0 Å². The Morgan fingerprint density at radius 1 is 1.47 bits per heavy atom. The molecule has 1 unspecified atom stereocenters. The molecule has 1 rings (SSSR count). The third-order valence-electron chi connectivity index (χ3n) is 3.16. The van der Waals surface area contributed by atoms with Gasteiger partial charge in [0.15, 0.2) is 14.6 Å². The van der Waals surface area contributed by atoms with Crippen LogP contribution >= 0.6 is 15.9 Å². The van der Waals surface area contributed by atoms with Gasteiger partial charge < -0.3 is 5.11 Å². The van der Waals surface area contributed by atoms with Gasteiger partial charge in [-0.1, -0.05) is 22.0 Å². The summed E-state index contributed by atoms with van der Waals surface area (Å²) in [5.74, 6) is -1.91. The van der Waals surface area contributed by atoms with Gasteiger partial charge in [-0.3, -0.25) is 4.79 Å². The third kappa shape index (κ3) is 3.54. The van der Waals surface area contributed by atoms with Crippen molar-refractivity contribution in [3.8, 4) is 0 Å². The molecule has 0 saturated carbocycles. The average Bonchev–Trinajstić information content (AvgIpc) is 2.25. The Labute approximate surface area is 119 Å². The van der Waals surface area contributed by atoms with Crippen molar-refractivity contribution in [2.75, 3.05) is 6.26 Å². The molecule has 4 nitrogen and oxygen atoms in total. The smallest absolute Gasteiger partial charge is 0.324 e. The lowest BCUT2D eigenvalue weighted by atomic mass is 10.00. The normalized spacial score (nSPS) is 14.9. The van der Waals surface area contributed by atoms with E-state index in [9.17, 15) is 17.6 Å². The zero-order valence-electron chi connectivity index (χ0n) is 10.5. The Hall–Kier alpha value is -0.950. The first-order valence-corrected chi connectivity index (χ1v) is 8.13. The summed E-state index contributed by atoms with van der Waals surface area (Å²) in [5, 5.41) is 9.08. The van der Waals surface area contributed by atoms with Crippen molar-refractivity contribution in [2.45, 2.75) is 24.5 Å². The Kier molecular flexibility index (Phi) is 4.73. The largest absolute Gasteiger partial charge is 0.480 e. The van der Waals surface area contributed by atoms with E-state index < -0.39 is 26.4 Å². The minimum absolute atomic E-state index is 0.0367. The SMILES string of the molecule is CC(CCc1ccc(Br)cc1F)(C(=O)O)S(C)(=O)=O. The van der Waals surface area contributed by atoms with Gasteiger partial charge in [0.1, 0.15) is 5.82 Å². The van der Waals surface area contributed by atoms with Crippen LogP contribution < -0.4 is 0 Å². The molecule has 1 N–H and O–H groups in total. The molecule has 0 spiro atoms. The molecule has 1 aromatic carbocycles. The molecule has 0 radical (unpaired) electrons. The Morgan fingerprint density at radius 3 is 2.47 bits per heavy atom. The summed E-state index contributed by atoms with van der Waals surface area (Å²) in [6, 6.07) is 4.38. The molecular weight excluding hydrogens is 339 g/mol. The van der Waals surface area contributed by atoms with Gasteiger partial charge in [0.05, 0.1) is 0 Å². The summed E-state index contributed by atoms with van der Waals surface area (Å²) in [6.07, 6.45) is 0.730. The van der Waals surface area contributed by atoms with E-state index in [2.05, 4.69) is 15.9 Å². The minimum Gasteiger partial charge on any atom is -0.480 e. The number of halogens is 2. The predicted molar refractivity (Wildman–Crippen MR) is 73.3 cm³/mol. The summed E-state index contributed by atoms with van der Waals surface area (Å²) in [4.78, 5) is 11.1. The van der Waals surface area contributed by atoms with E-state index in [0.29, 0.717) is 10.0 Å². The first-order valence-electron chi connectivity index (χ1n) is 5.45. The number of carboxylic acid groups (broad SMARTS) is 1. The van der Waals surface area contributed by atoms with Crippen LogP contribution in [0.25, 0.3) is 0 Å². The maximum atomic E-state index is 13.6. The van der Waals surface area contributed by atoms with Crippen LogP contribution in [0.2, 0.25) is 0 Å². The van der Waals surface area contributed by atoms with Crippen LogP contribution in [0.1, 0.15) is 18.9 Å². The predicted octanol–water partition coefficient (Wildman–Crippen LogP) is 2.41. The van der Waals surface area contributed by atoms with Gasteiger partial charge in [-0.2, -0.15) is 0 Å². The lowest BCUT2D eigenvalue weighted by molar-refractivity contribution is -0.139. The number of hydrogen-bond acceptors (Lipinski definition) is 3. The maximum absolute atomic E-state index is 13.6. The van der Waals surface area contributed by atoms with E-state index >= 15 is 0 Å². The molecule has 0 bridgehead atoms. The highest BCUT2D eigenvalue weighted by molar-refractivity contribution is 9.10. The van der Waals surface area contributed by atoms with Crippen LogP contribution in [0.15, 0.2) is 22.7 Å². The summed E-state index contributed by atoms with van der Waals surface area (Å²) in [7, 11) is -3.79. The van der Waals surface area contributed by atoms with Crippen LogP contribution in [-0.2, 0) is 21.1 Å². The lowest BCUT2D eigenvalue weighted by Gasteiger charge is -2.22. The van der Waals surface area contributed by atoms with E-state index in [1.807, 2.05) is 0 Å². The van der Waals surface area contributed by atoms with Crippen molar-refractivity contribution < 1.29 is 22.7 Å². The van der Waals surface area contributed by atoms with Crippen LogP contribution in [0.4, 0.5) is 4.39 Å². The van der Waals surface area contributed by atoms with Gasteiger partial charge in [-0.05, 0) is 37.5 Å². The number of hydrogen-bond donors (Lipinski definition) is 1. The second kappa shape index (κ2) is 5.58. The molecule has 106 valence electrons. The second-order valence-electron chi connectivity index (χ2n) is 4.54. The summed E-state index contributed by atoms with van der Waals surface area (Å²) in [6.45, 7) is 1.14. The molecule has 1 aromatic rings. The van der Waals surface area contributed by atoms with Crippen molar-refractivity contribution in [1.82, 2.24) is 0 Å². The van der Waals surface area contributed by atoms with E-state index in [-0.39, 0.29) is 12.8 Å². The maximum Gasteiger partial charge on any atom is 0.324 e. The first-order chi connectivity index (χ1) is 8.58. The van der Waals surface area contributed by atoms with E-state index in [1.54, 1.807) is 6.07 Å². The van der Waals surface area contributed by atoms with E-state index in [0.717, 1.165) is 13.2 Å². The first kappa shape index (κ1) is 16.1. The summed E-state index contributed by atoms with van der Waals surface area (Å²) < 4.78 is 35.4. The zero-order valence-corrected chi connectivity index (χ0v) is 12.9. The Bertz CT molecular complexity index is 600. The van der Waals surface area contributed by atoms with Crippen molar-refractivity contribution in [1.29, 1.82) is 0 Å². The number of aryl methyl sites for hydroxylation is 1. The third-order valence-corrected chi connectivity index (χ3v) is 5.67. The fraction of sp³-hybridized carbons (Fsp3) is 0.417. The molecule has 0 aliphatic rings. The molecule has 1 atom stereocenters. The second-order valence-corrected chi connectivity index (χ2v) is 7.90. The van der Waals surface area contributed by atoms with Crippen molar-refractivity contribution in [3.63, 3.8) is 0 Å². The summed E-state index contributed by atoms with van der Waals surface area (Å²) >= 11 is 3.11. The number of aliphatic carboxylic acids is 1. The molecule has 0 amide bonds. The number of carboxylic acids is 1. The minimum atomic E-state index is -3.79. The van der Waals surface area contributed by atoms with Crippen LogP contribution in [-0.4, -0.2) is 30.5 Å². The number of sulfone groups is 1. The molecule has 0 fully saturated rings. The molecular formula is C12H14BrFO4S. The average molecular weight is 353 g/mol. The fourth-order valence-electron chi connectivity index (χ4n) is 1.55. The molecule has 0 aromatic heterocycles. The zero-order chi connectivity index (χ0) is 14.8. The summed E-state index contributed by atoms with van der Waals surface area (Å²) in [5.41, 5.74) is 0.291. The van der Waals surface area contributed by atoms with Gasteiger partial charge in [0.25, 0.3) is 0 Å². The molecule has 19 heavy (non-hydrogen) atoms. The van der Waals surface area contributed by atoms with Crippen molar-refractivity contribution in [3.05, 3.63) is 34.1 Å². The Morgan fingerprint density at radius 2 is 2.05 bits per heavy atom. The standard InChI is InChI=1S/C12H14BrFO4S/c1-12(11(15)16,19(2,17)18)6-5-8-3-4-9(13)7-10(8)14/h3-4,7H,5-6H2,1-2H3,(H,15,16). The topological polar surface area (TPSA) is 71.4 Å². The van der Waals surface area contributed by atoms with Gasteiger partial charge in [0, 0.05) is 10.7 Å². The highest BCUT2D eigenvalue weighted by Gasteiger charge is 2.43. The monoisotopic (exact) mass is 352 g/mol.